The summed E-state index contributed by atoms with van der Waals surface area (Å²) in [6.07, 6.45) is 0. The normalized spacial score (nSPS) is 12.3. The number of hydrogen-bond acceptors (Lipinski definition) is 2. The number of hydrogen-bond donors (Lipinski definition) is 0. The quantitative estimate of drug-likeness (QED) is 0.107. The smallest absolute Gasteiger partial charge is 0.252 e. The van der Waals surface area contributed by atoms with Gasteiger partial charge in [0.05, 0.1) is 61.5 Å². The van der Waals surface area contributed by atoms with Crippen molar-refractivity contribution in [3.63, 3.8) is 0 Å². The molecule has 24 rings (SSSR count). The highest BCUT2D eigenvalue weighted by molar-refractivity contribution is 7.00. The zero-order valence-electron chi connectivity index (χ0n) is 65.5. The molecule has 0 bridgehead atoms. The van der Waals surface area contributed by atoms with E-state index in [0.717, 1.165) is 129 Å². The first-order chi connectivity index (χ1) is 59.5. The maximum absolute atomic E-state index is 2.66. The second-order valence-corrected chi connectivity index (χ2v) is 31.9. The molecule has 558 valence electrons. The van der Waals surface area contributed by atoms with E-state index in [0.29, 0.717) is 0 Å². The number of rotatable bonds is 13. The summed E-state index contributed by atoms with van der Waals surface area (Å²) >= 11 is 0. The summed E-state index contributed by atoms with van der Waals surface area (Å²) in [5.41, 5.74) is 38.4. The van der Waals surface area contributed by atoms with Crippen LogP contribution in [0, 0.1) is 0 Å². The Hall–Kier alpha value is -15.8. The molecule has 0 saturated heterocycles. The van der Waals surface area contributed by atoms with Gasteiger partial charge in [0.25, 0.3) is 6.71 Å². The van der Waals surface area contributed by atoms with Crippen molar-refractivity contribution in [1.29, 1.82) is 0 Å². The van der Waals surface area contributed by atoms with Crippen LogP contribution in [0.15, 0.2) is 449 Å². The third kappa shape index (κ3) is 11.2. The summed E-state index contributed by atoms with van der Waals surface area (Å²) in [5.74, 6) is 0. The Kier molecular flexibility index (Phi) is 16.0. The molecular formula is C114H74BN5. The molecule has 0 amide bonds. The van der Waals surface area contributed by atoms with E-state index in [-0.39, 0.29) is 6.71 Å². The molecule has 5 nitrogen and oxygen atoms in total. The highest BCUT2D eigenvalue weighted by atomic mass is 15.2. The van der Waals surface area contributed by atoms with Crippen LogP contribution in [0.4, 0.5) is 34.1 Å². The second-order valence-electron chi connectivity index (χ2n) is 31.9. The van der Waals surface area contributed by atoms with Gasteiger partial charge in [0.1, 0.15) is 0 Å². The van der Waals surface area contributed by atoms with Gasteiger partial charge in [-0.25, -0.2) is 0 Å². The van der Waals surface area contributed by atoms with E-state index in [1.54, 1.807) is 0 Å². The average Bonchev–Trinajstić information content (AvgIpc) is 0.720. The van der Waals surface area contributed by atoms with E-state index < -0.39 is 0 Å². The summed E-state index contributed by atoms with van der Waals surface area (Å²) < 4.78 is 7.69. The van der Waals surface area contributed by atoms with E-state index in [2.05, 4.69) is 472 Å². The van der Waals surface area contributed by atoms with Crippen LogP contribution in [0.5, 0.6) is 0 Å². The number of nitrogens with zero attached hydrogens (tertiary/aromatic N) is 5. The van der Waals surface area contributed by atoms with Crippen LogP contribution in [-0.2, 0) is 0 Å². The molecule has 5 heterocycles. The number of para-hydroxylation sites is 4. The van der Waals surface area contributed by atoms with Gasteiger partial charge < -0.3 is 23.5 Å². The summed E-state index contributed by atoms with van der Waals surface area (Å²) in [6.45, 7) is -0.303. The molecule has 6 heteroatoms. The molecule has 0 aliphatic carbocycles. The van der Waals surface area contributed by atoms with E-state index in [1.807, 2.05) is 0 Å². The molecule has 2 aliphatic rings. The molecule has 0 atom stereocenters. The zero-order chi connectivity index (χ0) is 78.9. The first kappa shape index (κ1) is 68.6. The first-order valence-electron chi connectivity index (χ1n) is 41.5. The van der Waals surface area contributed by atoms with Gasteiger partial charge in [0, 0.05) is 55.1 Å². The average molecular weight is 1520 g/mol. The van der Waals surface area contributed by atoms with Crippen molar-refractivity contribution >= 4 is 123 Å². The number of aromatic nitrogens is 3. The molecular weight excluding hydrogens is 1450 g/mol. The van der Waals surface area contributed by atoms with Gasteiger partial charge in [-0.05, 0) is 215 Å². The maximum atomic E-state index is 2.66. The van der Waals surface area contributed by atoms with Gasteiger partial charge in [-0.1, -0.05) is 340 Å². The Labute approximate surface area is 696 Å². The summed E-state index contributed by atoms with van der Waals surface area (Å²) in [5, 5.41) is 7.06. The van der Waals surface area contributed by atoms with Crippen molar-refractivity contribution in [2.75, 3.05) is 9.80 Å². The molecule has 0 radical (unpaired) electrons. The Morgan fingerprint density at radius 1 is 0.142 bits per heavy atom. The van der Waals surface area contributed by atoms with Crippen molar-refractivity contribution in [1.82, 2.24) is 13.7 Å². The minimum absolute atomic E-state index is 0.303. The fraction of sp³-hybridized carbons (Fsp3) is 0. The van der Waals surface area contributed by atoms with Crippen LogP contribution < -0.4 is 26.2 Å². The number of fused-ring (bicyclic) bond motifs is 13. The van der Waals surface area contributed by atoms with Crippen LogP contribution in [0.2, 0.25) is 0 Å². The topological polar surface area (TPSA) is 21.3 Å². The molecule has 2 aliphatic heterocycles. The van der Waals surface area contributed by atoms with Gasteiger partial charge in [-0.3, -0.25) is 0 Å². The Morgan fingerprint density at radius 3 is 0.675 bits per heavy atom. The van der Waals surface area contributed by atoms with Gasteiger partial charge >= 0.3 is 0 Å². The van der Waals surface area contributed by atoms with E-state index >= 15 is 0 Å². The predicted octanol–water partition coefficient (Wildman–Crippen LogP) is 28.4. The molecule has 0 N–H and O–H groups in total. The van der Waals surface area contributed by atoms with Crippen molar-refractivity contribution in [3.8, 4) is 106 Å². The second kappa shape index (κ2) is 28.0. The predicted molar refractivity (Wildman–Crippen MR) is 507 cm³/mol. The van der Waals surface area contributed by atoms with Gasteiger partial charge in [0.15, 0.2) is 0 Å². The molecule has 0 spiro atoms. The van der Waals surface area contributed by atoms with Crippen molar-refractivity contribution in [2.45, 2.75) is 0 Å². The Balaban J connectivity index is 0.840. The van der Waals surface area contributed by atoms with Crippen LogP contribution in [-0.4, -0.2) is 20.4 Å². The van der Waals surface area contributed by atoms with Crippen molar-refractivity contribution in [3.05, 3.63) is 449 Å². The van der Waals surface area contributed by atoms with E-state index in [4.69, 9.17) is 0 Å². The van der Waals surface area contributed by atoms with Gasteiger partial charge in [-0.2, -0.15) is 0 Å². The lowest BCUT2D eigenvalue weighted by atomic mass is 9.33. The minimum atomic E-state index is -0.303. The van der Waals surface area contributed by atoms with E-state index in [9.17, 15) is 0 Å². The molecule has 120 heavy (non-hydrogen) atoms. The molecule has 0 saturated carbocycles. The van der Waals surface area contributed by atoms with Crippen LogP contribution in [0.3, 0.4) is 0 Å². The standard InChI is InChI=1S/C114H74BN5/c1-9-29-75(30-10-1)83-51-59-100-94(65-83)95-66-84(76-31-11-2-12-32-76)52-60-101(95)117(100)106-45-25-27-47-108(106)119-104-63-55-87(79-37-17-5-18-38-79)69-98(104)115-99-70-88(80-39-19-6-20-40-80)56-64-105(99)120(109-48-28-26-46-107(109)118-102-61-53-85(77-33-13-3-14-34-77)67-96(102)97-68-86(54-62-103(97)118)78-35-15-4-16-36-78)113-74-91(73-112(119)114(113)115)116-110-71-89(81-41-21-7-22-42-81)49-57-92(110)93-58-50-90(72-111(93)116)82-43-23-8-24-44-82/h1-74H. The molecule has 19 aromatic carbocycles. The van der Waals surface area contributed by atoms with Crippen molar-refractivity contribution in [2.24, 2.45) is 0 Å². The summed E-state index contributed by atoms with van der Waals surface area (Å²) in [4.78, 5) is 5.31. The van der Waals surface area contributed by atoms with Crippen LogP contribution >= 0.6 is 0 Å². The number of benzene rings is 19. The number of anilines is 6. The lowest BCUT2D eigenvalue weighted by Gasteiger charge is -2.45. The Bertz CT molecular complexity index is 7160. The van der Waals surface area contributed by atoms with Gasteiger partial charge in [0.2, 0.25) is 0 Å². The summed E-state index contributed by atoms with van der Waals surface area (Å²) in [7, 11) is 0. The molecule has 3 aromatic heterocycles. The first-order valence-corrected chi connectivity index (χ1v) is 41.5. The van der Waals surface area contributed by atoms with Gasteiger partial charge in [-0.15, -0.1) is 0 Å². The third-order valence-electron chi connectivity index (χ3n) is 25.2. The SMILES string of the molecule is c1ccc(-c2ccc3c(c2)B2c4cc(-c5ccccc5)ccc4N(c4ccccc4-n4c5ccc(-c6ccccc6)cc5c5cc(-c6ccccc6)ccc54)c4cc(-n5c6cc(-c7ccccc7)ccc6c6ccc(-c7ccccc7)cc65)cc(c42)N3c2ccccc2-n2c3ccc(-c4ccccc4)cc3c3cc(-c4ccccc4)ccc32)cc1. The maximum Gasteiger partial charge on any atom is 0.252 e. The fourth-order valence-corrected chi connectivity index (χ4v) is 19.7. The Morgan fingerprint density at radius 2 is 0.383 bits per heavy atom. The highest BCUT2D eigenvalue weighted by Gasteiger charge is 2.45. The zero-order valence-corrected chi connectivity index (χ0v) is 65.5. The highest BCUT2D eigenvalue weighted by Crippen LogP contribution is 2.52. The monoisotopic (exact) mass is 1520 g/mol. The summed E-state index contributed by atoms with van der Waals surface area (Å²) in [6, 6.07) is 168. The largest absolute Gasteiger partial charge is 0.309 e. The molecule has 22 aromatic rings. The minimum Gasteiger partial charge on any atom is -0.309 e. The van der Waals surface area contributed by atoms with Crippen molar-refractivity contribution < 1.29 is 0 Å². The third-order valence-corrected chi connectivity index (χ3v) is 25.2. The molecule has 0 fully saturated rings. The van der Waals surface area contributed by atoms with Crippen LogP contribution in [0.25, 0.3) is 171 Å². The van der Waals surface area contributed by atoms with E-state index in [1.165, 1.54) is 93.2 Å². The molecule has 0 unspecified atom stereocenters. The van der Waals surface area contributed by atoms with Crippen LogP contribution in [0.1, 0.15) is 0 Å². The lowest BCUT2D eigenvalue weighted by Crippen LogP contribution is -2.61. The lowest BCUT2D eigenvalue weighted by molar-refractivity contribution is 1.13. The fourth-order valence-electron chi connectivity index (χ4n) is 19.7.